The third-order valence-corrected chi connectivity index (χ3v) is 1.86. The molecule has 0 saturated heterocycles. The van der Waals surface area contributed by atoms with Gasteiger partial charge in [-0.25, -0.2) is 4.57 Å². The van der Waals surface area contributed by atoms with Crippen LogP contribution >= 0.6 is 7.82 Å². The lowest BCUT2D eigenvalue weighted by Crippen LogP contribution is -2.37. The Balaban J connectivity index is 4.15. The molecule has 2 N–H and O–H groups in total. The quantitative estimate of drug-likeness (QED) is 0.497. The van der Waals surface area contributed by atoms with Crippen LogP contribution in [0.4, 0.5) is 0 Å². The molecule has 0 aliphatic carbocycles. The average molecular weight is 228 g/mol. The zero-order valence-electron chi connectivity index (χ0n) is 8.60. The van der Waals surface area contributed by atoms with E-state index in [-0.39, 0.29) is 6.61 Å². The molecule has 0 spiro atoms. The van der Waals surface area contributed by atoms with Gasteiger partial charge in [0.05, 0.1) is 0 Å². The SMILES string of the molecule is CCOC(C)(COP(=O)(O)O)OCC. The lowest BCUT2D eigenvalue weighted by Gasteiger charge is -2.28. The van der Waals surface area contributed by atoms with E-state index in [0.717, 1.165) is 0 Å². The molecule has 0 saturated carbocycles. The first-order valence-electron chi connectivity index (χ1n) is 4.31. The summed E-state index contributed by atoms with van der Waals surface area (Å²) in [6.45, 7) is 5.53. The van der Waals surface area contributed by atoms with Crippen LogP contribution in [0.2, 0.25) is 0 Å². The molecule has 6 nitrogen and oxygen atoms in total. The summed E-state index contributed by atoms with van der Waals surface area (Å²) in [6.07, 6.45) is 0. The monoisotopic (exact) mass is 228 g/mol. The van der Waals surface area contributed by atoms with Crippen molar-refractivity contribution in [1.82, 2.24) is 0 Å². The van der Waals surface area contributed by atoms with Gasteiger partial charge in [-0.1, -0.05) is 0 Å². The van der Waals surface area contributed by atoms with Gasteiger partial charge in [-0.05, 0) is 20.8 Å². The Morgan fingerprint density at radius 2 is 1.64 bits per heavy atom. The van der Waals surface area contributed by atoms with Crippen LogP contribution in [0.5, 0.6) is 0 Å². The second-order valence-electron chi connectivity index (χ2n) is 2.76. The first kappa shape index (κ1) is 14.0. The highest BCUT2D eigenvalue weighted by molar-refractivity contribution is 7.46. The van der Waals surface area contributed by atoms with Crippen molar-refractivity contribution in [2.45, 2.75) is 26.6 Å². The second kappa shape index (κ2) is 5.80. The van der Waals surface area contributed by atoms with Gasteiger partial charge >= 0.3 is 7.82 Å². The third-order valence-electron chi connectivity index (χ3n) is 1.39. The van der Waals surface area contributed by atoms with Crippen LogP contribution in [0.1, 0.15) is 20.8 Å². The Hall–Kier alpha value is 0.0300. The molecule has 0 radical (unpaired) electrons. The summed E-state index contributed by atoms with van der Waals surface area (Å²) < 4.78 is 25.1. The van der Waals surface area contributed by atoms with Crippen molar-refractivity contribution in [3.63, 3.8) is 0 Å². The standard InChI is InChI=1S/C7H17O6P/c1-4-11-7(3,12-5-2)6-13-14(8,9)10/h4-6H2,1-3H3,(H2,8,9,10). The van der Waals surface area contributed by atoms with Gasteiger partial charge in [-0.15, -0.1) is 0 Å². The van der Waals surface area contributed by atoms with Crippen molar-refractivity contribution in [2.75, 3.05) is 19.8 Å². The molecule has 0 bridgehead atoms. The molecule has 0 aliphatic heterocycles. The molecule has 0 aromatic carbocycles. The molecule has 0 aromatic rings. The molecule has 0 heterocycles. The minimum Gasteiger partial charge on any atom is -0.348 e. The van der Waals surface area contributed by atoms with Gasteiger partial charge in [-0.3, -0.25) is 4.52 Å². The van der Waals surface area contributed by atoms with Crippen LogP contribution in [-0.2, 0) is 18.6 Å². The minimum atomic E-state index is -4.47. The van der Waals surface area contributed by atoms with Crippen molar-refractivity contribution < 1.29 is 28.3 Å². The zero-order chi connectivity index (χ0) is 11.2. The Bertz CT molecular complexity index is 194. The average Bonchev–Trinajstić information content (AvgIpc) is 2.01. The maximum atomic E-state index is 10.4. The van der Waals surface area contributed by atoms with Crippen molar-refractivity contribution in [3.05, 3.63) is 0 Å². The van der Waals surface area contributed by atoms with E-state index < -0.39 is 13.6 Å². The van der Waals surface area contributed by atoms with Gasteiger partial charge in [0.1, 0.15) is 6.61 Å². The summed E-state index contributed by atoms with van der Waals surface area (Å²) in [5, 5.41) is 0. The zero-order valence-corrected chi connectivity index (χ0v) is 9.49. The van der Waals surface area contributed by atoms with Crippen LogP contribution in [0.15, 0.2) is 0 Å². The molecule has 0 rings (SSSR count). The summed E-state index contributed by atoms with van der Waals surface area (Å²) >= 11 is 0. The number of rotatable bonds is 7. The molecule has 7 heteroatoms. The van der Waals surface area contributed by atoms with Gasteiger partial charge in [0.25, 0.3) is 0 Å². The fraction of sp³-hybridized carbons (Fsp3) is 1.00. The fourth-order valence-corrected chi connectivity index (χ4v) is 1.34. The summed E-state index contributed by atoms with van der Waals surface area (Å²) in [4.78, 5) is 17.0. The van der Waals surface area contributed by atoms with Gasteiger partial charge in [0, 0.05) is 13.2 Å². The van der Waals surface area contributed by atoms with E-state index in [4.69, 9.17) is 19.3 Å². The van der Waals surface area contributed by atoms with Crippen molar-refractivity contribution >= 4 is 7.82 Å². The summed E-state index contributed by atoms with van der Waals surface area (Å²) in [7, 11) is -4.47. The predicted octanol–water partition coefficient (Wildman–Crippen LogP) is 0.885. The highest BCUT2D eigenvalue weighted by Crippen LogP contribution is 2.37. The summed E-state index contributed by atoms with van der Waals surface area (Å²) in [5.74, 6) is -1.11. The van der Waals surface area contributed by atoms with E-state index in [1.807, 2.05) is 0 Å². The van der Waals surface area contributed by atoms with Gasteiger partial charge in [-0.2, -0.15) is 0 Å². The molecule has 0 aromatic heterocycles. The van der Waals surface area contributed by atoms with Crippen LogP contribution in [0, 0.1) is 0 Å². The largest absolute Gasteiger partial charge is 0.469 e. The Labute approximate surface area is 83.4 Å². The minimum absolute atomic E-state index is 0.307. The molecule has 0 amide bonds. The topological polar surface area (TPSA) is 85.2 Å². The summed E-state index contributed by atoms with van der Waals surface area (Å²) in [5.41, 5.74) is 0. The normalized spacial score (nSPS) is 13.2. The van der Waals surface area contributed by atoms with Gasteiger partial charge < -0.3 is 19.3 Å². The number of hydrogen-bond donors (Lipinski definition) is 2. The Kier molecular flexibility index (Phi) is 5.81. The van der Waals surface area contributed by atoms with Crippen LogP contribution < -0.4 is 0 Å². The maximum Gasteiger partial charge on any atom is 0.469 e. The fourth-order valence-electron chi connectivity index (χ4n) is 0.937. The number of phosphoric acid groups is 1. The molecular weight excluding hydrogens is 211 g/mol. The predicted molar refractivity (Wildman–Crippen MR) is 49.7 cm³/mol. The molecule has 0 atom stereocenters. The van der Waals surface area contributed by atoms with Crippen LogP contribution in [0.3, 0.4) is 0 Å². The van der Waals surface area contributed by atoms with E-state index >= 15 is 0 Å². The molecule has 0 aliphatic rings. The van der Waals surface area contributed by atoms with Gasteiger partial charge in [0.2, 0.25) is 0 Å². The van der Waals surface area contributed by atoms with E-state index in [2.05, 4.69) is 4.52 Å². The first-order valence-corrected chi connectivity index (χ1v) is 5.84. The molecule has 14 heavy (non-hydrogen) atoms. The van der Waals surface area contributed by atoms with Crippen molar-refractivity contribution in [2.24, 2.45) is 0 Å². The van der Waals surface area contributed by atoms with E-state index in [0.29, 0.717) is 13.2 Å². The van der Waals surface area contributed by atoms with Gasteiger partial charge in [0.15, 0.2) is 5.79 Å². The highest BCUT2D eigenvalue weighted by Gasteiger charge is 2.29. The number of hydrogen-bond acceptors (Lipinski definition) is 4. The summed E-state index contributed by atoms with van der Waals surface area (Å²) in [6, 6.07) is 0. The van der Waals surface area contributed by atoms with Crippen molar-refractivity contribution in [3.8, 4) is 0 Å². The van der Waals surface area contributed by atoms with E-state index in [1.165, 1.54) is 0 Å². The van der Waals surface area contributed by atoms with E-state index in [1.54, 1.807) is 20.8 Å². The molecular formula is C7H17O6P. The van der Waals surface area contributed by atoms with Crippen molar-refractivity contribution in [1.29, 1.82) is 0 Å². The lowest BCUT2D eigenvalue weighted by molar-refractivity contribution is -0.236. The molecule has 0 fully saturated rings. The Morgan fingerprint density at radius 1 is 1.21 bits per heavy atom. The smallest absolute Gasteiger partial charge is 0.348 e. The Morgan fingerprint density at radius 3 is 1.93 bits per heavy atom. The third kappa shape index (κ3) is 6.48. The maximum absolute atomic E-state index is 10.4. The number of ether oxygens (including phenoxy) is 2. The second-order valence-corrected chi connectivity index (χ2v) is 4.00. The molecule has 86 valence electrons. The first-order chi connectivity index (χ1) is 6.33. The van der Waals surface area contributed by atoms with Crippen LogP contribution in [-0.4, -0.2) is 35.4 Å². The number of phosphoric ester groups is 1. The highest BCUT2D eigenvalue weighted by atomic mass is 31.2. The molecule has 0 unspecified atom stereocenters. The van der Waals surface area contributed by atoms with Crippen LogP contribution in [0.25, 0.3) is 0 Å². The lowest BCUT2D eigenvalue weighted by atomic mass is 10.3. The van der Waals surface area contributed by atoms with E-state index in [9.17, 15) is 4.57 Å².